The van der Waals surface area contributed by atoms with Crippen molar-refractivity contribution in [3.63, 3.8) is 0 Å². The Morgan fingerprint density at radius 3 is 3.00 bits per heavy atom. The Labute approximate surface area is 49.4 Å². The molecule has 0 saturated carbocycles. The number of hydrogen-bond donors (Lipinski definition) is 2. The molecule has 3 nitrogen and oxygen atoms in total. The molecule has 48 valence electrons. The van der Waals surface area contributed by atoms with Crippen molar-refractivity contribution in [1.29, 1.82) is 0 Å². The van der Waals surface area contributed by atoms with Gasteiger partial charge in [-0.25, -0.2) is 0 Å². The lowest BCUT2D eigenvalue weighted by Gasteiger charge is -1.85. The molecule has 0 bridgehead atoms. The van der Waals surface area contributed by atoms with Crippen LogP contribution in [0.1, 0.15) is 26.2 Å². The molecule has 0 atom stereocenters. The second-order valence-electron chi connectivity index (χ2n) is 1.55. The minimum atomic E-state index is 0.935. The van der Waals surface area contributed by atoms with Gasteiger partial charge >= 0.3 is 0 Å². The summed E-state index contributed by atoms with van der Waals surface area (Å²) in [6.07, 6.45) is 4.89. The predicted octanol–water partition coefficient (Wildman–Crippen LogP) is 1.14. The van der Waals surface area contributed by atoms with Crippen molar-refractivity contribution < 1.29 is 5.21 Å². The van der Waals surface area contributed by atoms with E-state index in [1.165, 1.54) is 0 Å². The van der Waals surface area contributed by atoms with E-state index in [4.69, 9.17) is 5.21 Å². The Hall–Kier alpha value is -0.570. The van der Waals surface area contributed by atoms with Gasteiger partial charge in [-0.05, 0) is 12.8 Å². The van der Waals surface area contributed by atoms with E-state index in [1.54, 1.807) is 11.8 Å². The number of hydrogen-bond acceptors (Lipinski definition) is 3. The molecule has 0 aromatic heterocycles. The van der Waals surface area contributed by atoms with Crippen molar-refractivity contribution in [2.75, 3.05) is 0 Å². The molecule has 3 heteroatoms. The Balaban J connectivity index is 2.80. The first kappa shape index (κ1) is 7.43. The minimum absolute atomic E-state index is 0.935. The molecule has 0 aliphatic rings. The third-order valence-electron chi connectivity index (χ3n) is 0.836. The van der Waals surface area contributed by atoms with E-state index in [-0.39, 0.29) is 0 Å². The average molecular weight is 116 g/mol. The van der Waals surface area contributed by atoms with Gasteiger partial charge in [-0.2, -0.15) is 10.7 Å². The van der Waals surface area contributed by atoms with Crippen LogP contribution in [0.5, 0.6) is 0 Å². The molecule has 0 saturated heterocycles. The Kier molecular flexibility index (Phi) is 5.97. The fourth-order valence-electron chi connectivity index (χ4n) is 0.401. The van der Waals surface area contributed by atoms with Crippen molar-refractivity contribution in [1.82, 2.24) is 5.59 Å². The van der Waals surface area contributed by atoms with Crippen LogP contribution in [0.3, 0.4) is 0 Å². The Morgan fingerprint density at radius 1 is 1.75 bits per heavy atom. The molecule has 8 heavy (non-hydrogen) atoms. The molecular formula is C5H12N2O. The van der Waals surface area contributed by atoms with E-state index in [1.807, 2.05) is 0 Å². The average Bonchev–Trinajstić information content (AvgIpc) is 1.81. The molecule has 0 aliphatic heterocycles. The van der Waals surface area contributed by atoms with Gasteiger partial charge < -0.3 is 0 Å². The van der Waals surface area contributed by atoms with Crippen LogP contribution >= 0.6 is 0 Å². The summed E-state index contributed by atoms with van der Waals surface area (Å²) in [5.41, 5.74) is 1.70. The normalized spacial score (nSPS) is 10.2. The maximum atomic E-state index is 7.92. The highest BCUT2D eigenvalue weighted by Crippen LogP contribution is 1.88. The zero-order valence-electron chi connectivity index (χ0n) is 5.09. The van der Waals surface area contributed by atoms with E-state index in [9.17, 15) is 0 Å². The summed E-state index contributed by atoms with van der Waals surface area (Å²) in [5, 5.41) is 11.3. The number of unbranched alkanes of at least 4 members (excludes halogenated alkanes) is 2. The molecule has 0 spiro atoms. The molecule has 0 amide bonds. The van der Waals surface area contributed by atoms with Crippen LogP contribution in [0.25, 0.3) is 0 Å². The van der Waals surface area contributed by atoms with Crippen molar-refractivity contribution in [2.24, 2.45) is 5.10 Å². The molecule has 2 N–H and O–H groups in total. The molecule has 0 heterocycles. The third-order valence-corrected chi connectivity index (χ3v) is 0.836. The largest absolute Gasteiger partial charge is 0.274 e. The first-order valence-electron chi connectivity index (χ1n) is 2.82. The van der Waals surface area contributed by atoms with Crippen molar-refractivity contribution in [3.8, 4) is 0 Å². The zero-order chi connectivity index (χ0) is 6.24. The Morgan fingerprint density at radius 2 is 2.50 bits per heavy atom. The van der Waals surface area contributed by atoms with E-state index < -0.39 is 0 Å². The first-order chi connectivity index (χ1) is 3.91. The summed E-state index contributed by atoms with van der Waals surface area (Å²) in [6.45, 7) is 2.11. The van der Waals surface area contributed by atoms with Gasteiger partial charge in [0.15, 0.2) is 0 Å². The van der Waals surface area contributed by atoms with Gasteiger partial charge in [0.25, 0.3) is 0 Å². The number of nitrogens with one attached hydrogen (secondary N) is 1. The fourth-order valence-corrected chi connectivity index (χ4v) is 0.401. The maximum absolute atomic E-state index is 7.92. The van der Waals surface area contributed by atoms with Crippen LogP contribution in [0.15, 0.2) is 5.10 Å². The molecule has 0 unspecified atom stereocenters. The highest BCUT2D eigenvalue weighted by atomic mass is 16.5. The fraction of sp³-hybridized carbons (Fsp3) is 0.800. The molecule has 0 aliphatic carbocycles. The lowest BCUT2D eigenvalue weighted by molar-refractivity contribution is 0.172. The second kappa shape index (κ2) is 6.43. The quantitative estimate of drug-likeness (QED) is 0.328. The van der Waals surface area contributed by atoms with Gasteiger partial charge in [0.2, 0.25) is 0 Å². The van der Waals surface area contributed by atoms with Gasteiger partial charge in [0.05, 0.1) is 0 Å². The predicted molar refractivity (Wildman–Crippen MR) is 32.9 cm³/mol. The summed E-state index contributed by atoms with van der Waals surface area (Å²) in [5.74, 6) is 0. The number of hydrazone groups is 1. The topological polar surface area (TPSA) is 44.6 Å². The summed E-state index contributed by atoms with van der Waals surface area (Å²) >= 11 is 0. The summed E-state index contributed by atoms with van der Waals surface area (Å²) < 4.78 is 0. The van der Waals surface area contributed by atoms with Gasteiger partial charge in [-0.15, -0.1) is 0 Å². The molecule has 0 aromatic rings. The van der Waals surface area contributed by atoms with Gasteiger partial charge in [-0.3, -0.25) is 5.21 Å². The zero-order valence-corrected chi connectivity index (χ0v) is 5.09. The summed E-state index contributed by atoms with van der Waals surface area (Å²) in [6, 6.07) is 0. The van der Waals surface area contributed by atoms with Gasteiger partial charge in [0, 0.05) is 6.21 Å². The summed E-state index contributed by atoms with van der Waals surface area (Å²) in [4.78, 5) is 0. The molecular weight excluding hydrogens is 104 g/mol. The number of rotatable bonds is 4. The van der Waals surface area contributed by atoms with Crippen LogP contribution in [0.4, 0.5) is 0 Å². The van der Waals surface area contributed by atoms with Gasteiger partial charge in [-0.1, -0.05) is 13.3 Å². The standard InChI is InChI=1S/C5H12N2O/c1-2-3-4-5-6-7-8/h5,7-8H,2-4H2,1H3. The third kappa shape index (κ3) is 5.43. The molecule has 0 fully saturated rings. The first-order valence-corrected chi connectivity index (χ1v) is 2.82. The highest BCUT2D eigenvalue weighted by molar-refractivity contribution is 5.56. The van der Waals surface area contributed by atoms with Crippen LogP contribution < -0.4 is 5.59 Å². The van der Waals surface area contributed by atoms with E-state index >= 15 is 0 Å². The maximum Gasteiger partial charge on any atom is 0.0267 e. The molecule has 0 radical (unpaired) electrons. The van der Waals surface area contributed by atoms with Crippen molar-refractivity contribution in [3.05, 3.63) is 0 Å². The monoisotopic (exact) mass is 116 g/mol. The molecule has 0 aromatic carbocycles. The minimum Gasteiger partial charge on any atom is -0.274 e. The number of nitrogens with zero attached hydrogens (tertiary/aromatic N) is 1. The highest BCUT2D eigenvalue weighted by Gasteiger charge is 1.75. The van der Waals surface area contributed by atoms with Crippen LogP contribution in [-0.4, -0.2) is 11.4 Å². The van der Waals surface area contributed by atoms with Gasteiger partial charge in [0.1, 0.15) is 0 Å². The second-order valence-corrected chi connectivity index (χ2v) is 1.55. The SMILES string of the molecule is CCCCC=NNO. The molecule has 0 rings (SSSR count). The smallest absolute Gasteiger partial charge is 0.0267 e. The van der Waals surface area contributed by atoms with Crippen molar-refractivity contribution in [2.45, 2.75) is 26.2 Å². The van der Waals surface area contributed by atoms with E-state index in [2.05, 4.69) is 12.0 Å². The van der Waals surface area contributed by atoms with E-state index in [0.717, 1.165) is 19.3 Å². The summed E-state index contributed by atoms with van der Waals surface area (Å²) in [7, 11) is 0. The lowest BCUT2D eigenvalue weighted by Crippen LogP contribution is -1.94. The van der Waals surface area contributed by atoms with Crippen molar-refractivity contribution >= 4 is 6.21 Å². The lowest BCUT2D eigenvalue weighted by atomic mass is 10.3. The van der Waals surface area contributed by atoms with Crippen LogP contribution in [-0.2, 0) is 0 Å². The Bertz CT molecular complexity index is 63.4. The van der Waals surface area contributed by atoms with Crippen LogP contribution in [0, 0.1) is 0 Å². The van der Waals surface area contributed by atoms with Crippen LogP contribution in [0.2, 0.25) is 0 Å². The van der Waals surface area contributed by atoms with E-state index in [0.29, 0.717) is 0 Å².